The minimum absolute atomic E-state index is 0.0243. The maximum Gasteiger partial charge on any atom is 0.262 e. The van der Waals surface area contributed by atoms with Crippen LogP contribution in [0.1, 0.15) is 36.0 Å². The van der Waals surface area contributed by atoms with E-state index in [4.69, 9.17) is 4.74 Å². The molecule has 0 saturated carbocycles. The Balaban J connectivity index is 1.82. The second-order valence-electron chi connectivity index (χ2n) is 6.08. The number of Topliss-reactive ketones (excluding diaryl/α,β-unsaturated/α-hetero) is 1. The molecule has 0 bridgehead atoms. The van der Waals surface area contributed by atoms with Gasteiger partial charge in [0.05, 0.1) is 24.4 Å². The molecule has 0 aliphatic heterocycles. The first-order chi connectivity index (χ1) is 12.0. The molecule has 130 valence electrons. The first-order valence-corrected chi connectivity index (χ1v) is 9.07. The van der Waals surface area contributed by atoms with Gasteiger partial charge in [-0.3, -0.25) is 14.2 Å². The molecule has 6 heteroatoms. The van der Waals surface area contributed by atoms with Crippen molar-refractivity contribution in [3.63, 3.8) is 0 Å². The summed E-state index contributed by atoms with van der Waals surface area (Å²) in [6.07, 6.45) is 2.40. The Morgan fingerprint density at radius 3 is 2.64 bits per heavy atom. The molecule has 2 aromatic heterocycles. The molecule has 0 aliphatic rings. The van der Waals surface area contributed by atoms with Gasteiger partial charge in [-0.15, -0.1) is 11.3 Å². The summed E-state index contributed by atoms with van der Waals surface area (Å²) in [4.78, 5) is 31.2. The number of nitrogens with zero attached hydrogens (tertiary/aromatic N) is 2. The zero-order chi connectivity index (χ0) is 18.0. The summed E-state index contributed by atoms with van der Waals surface area (Å²) in [6, 6.07) is 8.84. The van der Waals surface area contributed by atoms with Crippen LogP contribution in [0.5, 0.6) is 5.75 Å². The van der Waals surface area contributed by atoms with E-state index >= 15 is 0 Å². The van der Waals surface area contributed by atoms with Crippen LogP contribution in [0.4, 0.5) is 0 Å². The van der Waals surface area contributed by atoms with Crippen molar-refractivity contribution in [3.8, 4) is 5.75 Å². The fraction of sp³-hybridized carbons (Fsp3) is 0.316. The van der Waals surface area contributed by atoms with Crippen molar-refractivity contribution in [2.45, 2.75) is 39.8 Å². The van der Waals surface area contributed by atoms with Crippen molar-refractivity contribution in [2.75, 3.05) is 0 Å². The Morgan fingerprint density at radius 2 is 2.00 bits per heavy atom. The van der Waals surface area contributed by atoms with Gasteiger partial charge < -0.3 is 4.74 Å². The highest BCUT2D eigenvalue weighted by atomic mass is 32.1. The molecular formula is C19H20N2O3S. The normalized spacial score (nSPS) is 11.2. The van der Waals surface area contributed by atoms with E-state index in [1.807, 2.05) is 26.8 Å². The van der Waals surface area contributed by atoms with Gasteiger partial charge in [-0.25, -0.2) is 4.98 Å². The van der Waals surface area contributed by atoms with E-state index in [1.165, 1.54) is 22.2 Å². The Hall–Kier alpha value is -2.47. The van der Waals surface area contributed by atoms with E-state index in [-0.39, 0.29) is 24.0 Å². The lowest BCUT2D eigenvalue weighted by molar-refractivity contribution is 0.0970. The Kier molecular flexibility index (Phi) is 4.99. The third-order valence-corrected chi connectivity index (χ3v) is 4.97. The van der Waals surface area contributed by atoms with Crippen molar-refractivity contribution in [2.24, 2.45) is 0 Å². The highest BCUT2D eigenvalue weighted by Crippen LogP contribution is 2.21. The predicted octanol–water partition coefficient (Wildman–Crippen LogP) is 3.69. The van der Waals surface area contributed by atoms with E-state index in [9.17, 15) is 9.59 Å². The fourth-order valence-corrected chi connectivity index (χ4v) is 3.46. The Bertz CT molecular complexity index is 955. The van der Waals surface area contributed by atoms with Crippen LogP contribution in [-0.4, -0.2) is 21.4 Å². The number of thiophene rings is 1. The van der Waals surface area contributed by atoms with E-state index in [1.54, 1.807) is 24.3 Å². The minimum atomic E-state index is -0.172. The molecule has 0 saturated heterocycles. The van der Waals surface area contributed by atoms with Crippen molar-refractivity contribution >= 4 is 27.3 Å². The van der Waals surface area contributed by atoms with Crippen molar-refractivity contribution < 1.29 is 9.53 Å². The average Bonchev–Trinajstić information content (AvgIpc) is 3.01. The lowest BCUT2D eigenvalue weighted by Crippen LogP contribution is -2.24. The van der Waals surface area contributed by atoms with Gasteiger partial charge >= 0.3 is 0 Å². The minimum Gasteiger partial charge on any atom is -0.491 e. The second kappa shape index (κ2) is 7.19. The summed E-state index contributed by atoms with van der Waals surface area (Å²) < 4.78 is 6.94. The van der Waals surface area contributed by atoms with Gasteiger partial charge in [0.25, 0.3) is 5.56 Å². The van der Waals surface area contributed by atoms with E-state index < -0.39 is 0 Å². The maximum absolute atomic E-state index is 12.6. The summed E-state index contributed by atoms with van der Waals surface area (Å²) in [5.74, 6) is 0.586. The van der Waals surface area contributed by atoms with Crippen LogP contribution in [-0.2, 0) is 13.0 Å². The molecule has 2 heterocycles. The number of hydrogen-bond acceptors (Lipinski definition) is 5. The van der Waals surface area contributed by atoms with Gasteiger partial charge in [-0.2, -0.15) is 0 Å². The summed E-state index contributed by atoms with van der Waals surface area (Å²) in [7, 11) is 0. The molecule has 3 aromatic rings. The molecule has 25 heavy (non-hydrogen) atoms. The molecule has 5 nitrogen and oxygen atoms in total. The van der Waals surface area contributed by atoms with Crippen LogP contribution in [0.3, 0.4) is 0 Å². The third kappa shape index (κ3) is 3.79. The van der Waals surface area contributed by atoms with Gasteiger partial charge in [-0.1, -0.05) is 6.92 Å². The number of aryl methyl sites for hydroxylation is 1. The molecule has 0 amide bonds. The van der Waals surface area contributed by atoms with Crippen LogP contribution in [0.15, 0.2) is 41.5 Å². The Morgan fingerprint density at radius 1 is 1.28 bits per heavy atom. The quantitative estimate of drug-likeness (QED) is 0.632. The number of ether oxygens (including phenoxy) is 1. The molecular weight excluding hydrogens is 336 g/mol. The van der Waals surface area contributed by atoms with Crippen molar-refractivity contribution in [1.29, 1.82) is 0 Å². The molecule has 0 atom stereocenters. The van der Waals surface area contributed by atoms with Gasteiger partial charge in [-0.05, 0) is 50.6 Å². The number of hydrogen-bond donors (Lipinski definition) is 0. The van der Waals surface area contributed by atoms with Crippen molar-refractivity contribution in [1.82, 2.24) is 9.55 Å². The van der Waals surface area contributed by atoms with Crippen LogP contribution in [0.25, 0.3) is 10.2 Å². The van der Waals surface area contributed by atoms with Gasteiger partial charge in [0, 0.05) is 10.4 Å². The number of benzene rings is 1. The van der Waals surface area contributed by atoms with Gasteiger partial charge in [0.1, 0.15) is 10.6 Å². The van der Waals surface area contributed by atoms with Crippen LogP contribution >= 0.6 is 11.3 Å². The summed E-state index contributed by atoms with van der Waals surface area (Å²) >= 11 is 1.52. The predicted molar refractivity (Wildman–Crippen MR) is 99.8 cm³/mol. The van der Waals surface area contributed by atoms with Crippen LogP contribution in [0.2, 0.25) is 0 Å². The SMILES string of the molecule is CCc1cc2c(=O)n(CC(=O)c3ccc(OC(C)C)cc3)cnc2s1. The highest BCUT2D eigenvalue weighted by molar-refractivity contribution is 7.18. The number of fused-ring (bicyclic) bond motifs is 1. The molecule has 0 spiro atoms. The van der Waals surface area contributed by atoms with Crippen molar-refractivity contribution in [3.05, 3.63) is 57.5 Å². The zero-order valence-electron chi connectivity index (χ0n) is 14.5. The summed E-state index contributed by atoms with van der Waals surface area (Å²) in [5, 5.41) is 0.581. The summed E-state index contributed by atoms with van der Waals surface area (Å²) in [5.41, 5.74) is 0.372. The number of carbonyl (C=O) groups is 1. The third-order valence-electron chi connectivity index (χ3n) is 3.78. The molecule has 0 fully saturated rings. The second-order valence-corrected chi connectivity index (χ2v) is 7.19. The monoisotopic (exact) mass is 356 g/mol. The topological polar surface area (TPSA) is 61.2 Å². The van der Waals surface area contributed by atoms with Crippen LogP contribution < -0.4 is 10.3 Å². The molecule has 0 N–H and O–H groups in total. The van der Waals surface area contributed by atoms with Gasteiger partial charge in [0.15, 0.2) is 5.78 Å². The van der Waals surface area contributed by atoms with Crippen LogP contribution in [0, 0.1) is 0 Å². The molecule has 0 aliphatic carbocycles. The van der Waals surface area contributed by atoms with E-state index in [0.717, 1.165) is 21.9 Å². The highest BCUT2D eigenvalue weighted by Gasteiger charge is 2.12. The number of rotatable bonds is 6. The zero-order valence-corrected chi connectivity index (χ0v) is 15.3. The smallest absolute Gasteiger partial charge is 0.262 e. The lowest BCUT2D eigenvalue weighted by atomic mass is 10.1. The van der Waals surface area contributed by atoms with E-state index in [0.29, 0.717) is 10.9 Å². The maximum atomic E-state index is 12.6. The summed E-state index contributed by atoms with van der Waals surface area (Å²) in [6.45, 7) is 5.91. The Labute approximate surface area is 149 Å². The first-order valence-electron chi connectivity index (χ1n) is 8.25. The molecule has 1 aromatic carbocycles. The fourth-order valence-electron chi connectivity index (χ4n) is 2.53. The average molecular weight is 356 g/mol. The standard InChI is InChI=1S/C19H20N2O3S/c1-4-15-9-16-18(25-15)20-11-21(19(16)23)10-17(22)13-5-7-14(8-6-13)24-12(2)3/h5-9,11-12H,4,10H2,1-3H3. The number of ketones is 1. The van der Waals surface area contributed by atoms with Gasteiger partial charge in [0.2, 0.25) is 0 Å². The van der Waals surface area contributed by atoms with E-state index in [2.05, 4.69) is 4.98 Å². The first kappa shape index (κ1) is 17.4. The number of aromatic nitrogens is 2. The number of carbonyl (C=O) groups excluding carboxylic acids is 1. The largest absolute Gasteiger partial charge is 0.491 e. The lowest BCUT2D eigenvalue weighted by Gasteiger charge is -2.10. The molecule has 0 radical (unpaired) electrons. The molecule has 0 unspecified atom stereocenters. The molecule has 3 rings (SSSR count).